The fourth-order valence-electron chi connectivity index (χ4n) is 2.73. The van der Waals surface area contributed by atoms with E-state index < -0.39 is 0 Å². The smallest absolute Gasteiger partial charge is 0.0669 e. The zero-order valence-electron chi connectivity index (χ0n) is 13.4. The third-order valence-corrected chi connectivity index (χ3v) is 4.17. The normalized spacial score (nSPS) is 16.6. The predicted octanol–water partition coefficient (Wildman–Crippen LogP) is 2.86. The molecule has 1 aromatic rings. The molecule has 0 saturated heterocycles. The van der Waals surface area contributed by atoms with Crippen LogP contribution in [0.4, 0.5) is 0 Å². The zero-order valence-corrected chi connectivity index (χ0v) is 13.4. The van der Waals surface area contributed by atoms with Crippen molar-refractivity contribution in [2.75, 3.05) is 13.7 Å². The number of aromatic nitrogens is 2. The van der Waals surface area contributed by atoms with Gasteiger partial charge in [-0.25, -0.2) is 0 Å². The van der Waals surface area contributed by atoms with Crippen LogP contribution in [0.1, 0.15) is 63.0 Å². The highest BCUT2D eigenvalue weighted by molar-refractivity contribution is 5.27. The molecular weight excluding hydrogens is 250 g/mol. The van der Waals surface area contributed by atoms with Crippen molar-refractivity contribution in [3.63, 3.8) is 0 Å². The van der Waals surface area contributed by atoms with Gasteiger partial charge in [0.25, 0.3) is 0 Å². The lowest BCUT2D eigenvalue weighted by atomic mass is 10.1. The molecule has 2 rings (SSSR count). The summed E-state index contributed by atoms with van der Waals surface area (Å²) in [5, 5.41) is 8.51. The molecule has 1 saturated carbocycles. The Bertz CT molecular complexity index is 424. The van der Waals surface area contributed by atoms with Gasteiger partial charge in [-0.1, -0.05) is 13.8 Å². The Balaban J connectivity index is 2.17. The molecule has 20 heavy (non-hydrogen) atoms. The summed E-state index contributed by atoms with van der Waals surface area (Å²) >= 11 is 0. The molecule has 0 aromatic carbocycles. The van der Waals surface area contributed by atoms with E-state index in [9.17, 15) is 0 Å². The quantitative estimate of drug-likeness (QED) is 0.755. The van der Waals surface area contributed by atoms with Crippen molar-refractivity contribution >= 4 is 0 Å². The van der Waals surface area contributed by atoms with Gasteiger partial charge in [0.2, 0.25) is 0 Å². The van der Waals surface area contributed by atoms with Crippen LogP contribution in [0.25, 0.3) is 0 Å². The third-order valence-electron chi connectivity index (χ3n) is 4.17. The van der Waals surface area contributed by atoms with Gasteiger partial charge < -0.3 is 10.1 Å². The fourth-order valence-corrected chi connectivity index (χ4v) is 2.73. The van der Waals surface area contributed by atoms with E-state index in [-0.39, 0.29) is 0 Å². The average Bonchev–Trinajstić information content (AvgIpc) is 3.22. The van der Waals surface area contributed by atoms with Crippen LogP contribution in [-0.4, -0.2) is 29.5 Å². The van der Waals surface area contributed by atoms with E-state index in [4.69, 9.17) is 9.84 Å². The molecule has 0 bridgehead atoms. The lowest BCUT2D eigenvalue weighted by Gasteiger charge is -2.15. The molecule has 1 N–H and O–H groups in total. The molecule has 1 aromatic heterocycles. The maximum Gasteiger partial charge on any atom is 0.0669 e. The van der Waals surface area contributed by atoms with Crippen LogP contribution in [0, 0.1) is 0 Å². The van der Waals surface area contributed by atoms with Gasteiger partial charge in [0.1, 0.15) is 0 Å². The van der Waals surface area contributed by atoms with Crippen molar-refractivity contribution in [2.45, 2.75) is 71.5 Å². The minimum absolute atomic E-state index is 0.407. The van der Waals surface area contributed by atoms with Gasteiger partial charge in [-0.3, -0.25) is 4.68 Å². The highest BCUT2D eigenvalue weighted by atomic mass is 16.5. The molecule has 0 aliphatic heterocycles. The number of nitrogens with zero attached hydrogens (tertiary/aromatic N) is 2. The summed E-state index contributed by atoms with van der Waals surface area (Å²) in [5.41, 5.74) is 4.10. The van der Waals surface area contributed by atoms with E-state index >= 15 is 0 Å². The number of rotatable bonds is 9. The van der Waals surface area contributed by atoms with E-state index in [0.29, 0.717) is 6.04 Å². The number of aryl methyl sites for hydroxylation is 1. The number of hydrogen-bond donors (Lipinski definition) is 1. The second-order valence-electron chi connectivity index (χ2n) is 5.81. The monoisotopic (exact) mass is 279 g/mol. The Morgan fingerprint density at radius 3 is 2.65 bits per heavy atom. The molecule has 0 spiro atoms. The van der Waals surface area contributed by atoms with Crippen LogP contribution < -0.4 is 5.32 Å². The molecule has 4 nitrogen and oxygen atoms in total. The van der Waals surface area contributed by atoms with Gasteiger partial charge in [-0.05, 0) is 39.0 Å². The first kappa shape index (κ1) is 15.5. The molecule has 1 aliphatic carbocycles. The molecule has 1 unspecified atom stereocenters. The first-order chi connectivity index (χ1) is 9.71. The average molecular weight is 279 g/mol. The second kappa shape index (κ2) is 7.23. The van der Waals surface area contributed by atoms with E-state index in [0.717, 1.165) is 38.5 Å². The first-order valence-corrected chi connectivity index (χ1v) is 8.02. The zero-order chi connectivity index (χ0) is 14.5. The highest BCUT2D eigenvalue weighted by Crippen LogP contribution is 2.24. The Kier molecular flexibility index (Phi) is 5.61. The van der Waals surface area contributed by atoms with Gasteiger partial charge in [0, 0.05) is 37.6 Å². The topological polar surface area (TPSA) is 39.1 Å². The van der Waals surface area contributed by atoms with Gasteiger partial charge in [-0.2, -0.15) is 5.10 Å². The largest absolute Gasteiger partial charge is 0.385 e. The van der Waals surface area contributed by atoms with Crippen LogP contribution in [0.2, 0.25) is 0 Å². The minimum atomic E-state index is 0.407. The molecule has 1 aliphatic rings. The van der Waals surface area contributed by atoms with Crippen LogP contribution in [0.15, 0.2) is 0 Å². The molecule has 1 fully saturated rings. The van der Waals surface area contributed by atoms with Crippen molar-refractivity contribution in [3.05, 3.63) is 17.0 Å². The predicted molar refractivity (Wildman–Crippen MR) is 82.0 cm³/mol. The lowest BCUT2D eigenvalue weighted by Crippen LogP contribution is -2.18. The van der Waals surface area contributed by atoms with Crippen molar-refractivity contribution in [3.8, 4) is 0 Å². The number of methoxy groups -OCH3 is 1. The summed E-state index contributed by atoms with van der Waals surface area (Å²) in [4.78, 5) is 0. The van der Waals surface area contributed by atoms with Crippen molar-refractivity contribution in [2.24, 2.45) is 0 Å². The Hall–Kier alpha value is -0.870. The van der Waals surface area contributed by atoms with Gasteiger partial charge in [0.15, 0.2) is 0 Å². The van der Waals surface area contributed by atoms with E-state index in [1.807, 2.05) is 0 Å². The SMILES string of the molecule is CCc1nn(C(C)CCOC)c(CC)c1CNC1CC1. The summed E-state index contributed by atoms with van der Waals surface area (Å²) in [5.74, 6) is 0. The van der Waals surface area contributed by atoms with Gasteiger partial charge >= 0.3 is 0 Å². The highest BCUT2D eigenvalue weighted by Gasteiger charge is 2.23. The molecule has 1 heterocycles. The van der Waals surface area contributed by atoms with Crippen molar-refractivity contribution < 1.29 is 4.74 Å². The Morgan fingerprint density at radius 2 is 2.10 bits per heavy atom. The summed E-state index contributed by atoms with van der Waals surface area (Å²) in [6.45, 7) is 8.45. The maximum absolute atomic E-state index is 5.20. The standard InChI is InChI=1S/C16H29N3O/c1-5-15-14(11-17-13-7-8-13)16(6-2)19(18-15)12(3)9-10-20-4/h12-13,17H,5-11H2,1-4H3. The fraction of sp³-hybridized carbons (Fsp3) is 0.812. The number of nitrogens with one attached hydrogen (secondary N) is 1. The lowest BCUT2D eigenvalue weighted by molar-refractivity contribution is 0.178. The second-order valence-corrected chi connectivity index (χ2v) is 5.81. The summed E-state index contributed by atoms with van der Waals surface area (Å²) in [6.07, 6.45) is 5.75. The van der Waals surface area contributed by atoms with Crippen LogP contribution in [0.5, 0.6) is 0 Å². The van der Waals surface area contributed by atoms with Gasteiger partial charge in [0.05, 0.1) is 11.7 Å². The summed E-state index contributed by atoms with van der Waals surface area (Å²) in [7, 11) is 1.76. The van der Waals surface area contributed by atoms with Crippen LogP contribution >= 0.6 is 0 Å². The molecule has 0 radical (unpaired) electrons. The van der Waals surface area contributed by atoms with Crippen LogP contribution in [-0.2, 0) is 24.1 Å². The Labute approximate surface area is 122 Å². The first-order valence-electron chi connectivity index (χ1n) is 8.02. The molecule has 1 atom stereocenters. The molecule has 0 amide bonds. The van der Waals surface area contributed by atoms with E-state index in [2.05, 4.69) is 30.8 Å². The molecule has 114 valence electrons. The minimum Gasteiger partial charge on any atom is -0.385 e. The van der Waals surface area contributed by atoms with E-state index in [1.54, 1.807) is 7.11 Å². The molecule has 4 heteroatoms. The van der Waals surface area contributed by atoms with E-state index in [1.165, 1.54) is 29.8 Å². The van der Waals surface area contributed by atoms with Crippen molar-refractivity contribution in [1.82, 2.24) is 15.1 Å². The van der Waals surface area contributed by atoms with Crippen LogP contribution in [0.3, 0.4) is 0 Å². The summed E-state index contributed by atoms with van der Waals surface area (Å²) < 4.78 is 7.44. The third kappa shape index (κ3) is 3.61. The van der Waals surface area contributed by atoms with Gasteiger partial charge in [-0.15, -0.1) is 0 Å². The molecular formula is C16H29N3O. The van der Waals surface area contributed by atoms with Crippen molar-refractivity contribution in [1.29, 1.82) is 0 Å². The number of hydrogen-bond acceptors (Lipinski definition) is 3. The number of ether oxygens (including phenoxy) is 1. The Morgan fingerprint density at radius 1 is 1.35 bits per heavy atom. The maximum atomic E-state index is 5.20. The summed E-state index contributed by atoms with van der Waals surface area (Å²) in [6, 6.07) is 1.16.